The number of esters is 1. The molecule has 0 aliphatic carbocycles. The van der Waals surface area contributed by atoms with Crippen molar-refractivity contribution in [3.05, 3.63) is 89.1 Å². The molecule has 0 radical (unpaired) electrons. The average molecular weight is 485 g/mol. The summed E-state index contributed by atoms with van der Waals surface area (Å²) in [5.41, 5.74) is 4.56. The third-order valence-corrected chi connectivity index (χ3v) is 5.62. The maximum atomic E-state index is 12.9. The fourth-order valence-corrected chi connectivity index (χ4v) is 3.59. The van der Waals surface area contributed by atoms with Crippen LogP contribution in [0.2, 0.25) is 0 Å². The summed E-state index contributed by atoms with van der Waals surface area (Å²) in [5, 5.41) is 4.63. The standard InChI is InChI=1S/C27H28N6O3/c1-31(2)22-11-7-19(8-12-22)24-25(20-9-13-23(14-10-20)32(3)4)30-33(27(35)29-24)16-17-36-26(34)21-6-5-15-28-18-21/h5-15,18H,16-17H2,1-4H3. The number of carbonyl (C=O) groups is 1. The van der Waals surface area contributed by atoms with Gasteiger partial charge in [-0.05, 0) is 36.4 Å². The van der Waals surface area contributed by atoms with Gasteiger partial charge in [-0.1, -0.05) is 24.3 Å². The molecule has 36 heavy (non-hydrogen) atoms. The lowest BCUT2D eigenvalue weighted by atomic mass is 10.0. The van der Waals surface area contributed by atoms with Crippen molar-refractivity contribution in [2.75, 3.05) is 44.6 Å². The van der Waals surface area contributed by atoms with E-state index in [1.54, 1.807) is 18.3 Å². The molecule has 184 valence electrons. The van der Waals surface area contributed by atoms with Gasteiger partial charge in [0.25, 0.3) is 0 Å². The van der Waals surface area contributed by atoms with Crippen LogP contribution < -0.4 is 15.5 Å². The molecule has 0 fully saturated rings. The monoisotopic (exact) mass is 484 g/mol. The normalized spacial score (nSPS) is 10.7. The lowest BCUT2D eigenvalue weighted by molar-refractivity contribution is 0.0485. The molecule has 2 aromatic heterocycles. The average Bonchev–Trinajstić information content (AvgIpc) is 2.90. The first-order chi connectivity index (χ1) is 17.3. The molecule has 2 heterocycles. The molecule has 9 nitrogen and oxygen atoms in total. The Morgan fingerprint density at radius 3 is 1.97 bits per heavy atom. The minimum atomic E-state index is -0.521. The smallest absolute Gasteiger partial charge is 0.364 e. The molecule has 0 spiro atoms. The van der Waals surface area contributed by atoms with Crippen molar-refractivity contribution in [3.63, 3.8) is 0 Å². The van der Waals surface area contributed by atoms with Crippen LogP contribution in [0.3, 0.4) is 0 Å². The van der Waals surface area contributed by atoms with Crippen LogP contribution in [-0.2, 0) is 11.3 Å². The Morgan fingerprint density at radius 2 is 1.44 bits per heavy atom. The predicted molar refractivity (Wildman–Crippen MR) is 140 cm³/mol. The number of aromatic nitrogens is 4. The van der Waals surface area contributed by atoms with Crippen molar-refractivity contribution < 1.29 is 9.53 Å². The number of benzene rings is 2. The molecular formula is C27H28N6O3. The Bertz CT molecular complexity index is 1380. The Hall–Kier alpha value is -4.53. The predicted octanol–water partition coefficient (Wildman–Crippen LogP) is 3.36. The van der Waals surface area contributed by atoms with Crippen molar-refractivity contribution in [3.8, 4) is 22.5 Å². The Labute approximate surface area is 209 Å². The van der Waals surface area contributed by atoms with Crippen LogP contribution in [0, 0.1) is 0 Å². The van der Waals surface area contributed by atoms with Crippen molar-refractivity contribution >= 4 is 17.3 Å². The summed E-state index contributed by atoms with van der Waals surface area (Å²) >= 11 is 0. The zero-order valence-electron chi connectivity index (χ0n) is 20.8. The van der Waals surface area contributed by atoms with E-state index in [2.05, 4.69) is 15.1 Å². The maximum Gasteiger partial charge on any atom is 0.364 e. The van der Waals surface area contributed by atoms with E-state index in [9.17, 15) is 9.59 Å². The van der Waals surface area contributed by atoms with Gasteiger partial charge in [0.1, 0.15) is 18.0 Å². The van der Waals surface area contributed by atoms with Gasteiger partial charge >= 0.3 is 11.7 Å². The van der Waals surface area contributed by atoms with E-state index < -0.39 is 11.7 Å². The molecule has 4 rings (SSSR count). The van der Waals surface area contributed by atoms with E-state index in [0.29, 0.717) is 17.0 Å². The highest BCUT2D eigenvalue weighted by atomic mass is 16.5. The van der Waals surface area contributed by atoms with Gasteiger partial charge in [-0.2, -0.15) is 10.1 Å². The van der Waals surface area contributed by atoms with Gasteiger partial charge < -0.3 is 14.5 Å². The van der Waals surface area contributed by atoms with Crippen LogP contribution in [0.1, 0.15) is 10.4 Å². The van der Waals surface area contributed by atoms with Gasteiger partial charge in [0, 0.05) is 63.1 Å². The van der Waals surface area contributed by atoms with Crippen molar-refractivity contribution in [2.45, 2.75) is 6.54 Å². The molecule has 2 aromatic carbocycles. The Morgan fingerprint density at radius 1 is 0.861 bits per heavy atom. The fraction of sp³-hybridized carbons (Fsp3) is 0.222. The number of hydrogen-bond acceptors (Lipinski definition) is 8. The van der Waals surface area contributed by atoms with Crippen molar-refractivity contribution in [1.29, 1.82) is 0 Å². The van der Waals surface area contributed by atoms with Crippen LogP contribution in [0.15, 0.2) is 77.9 Å². The first-order valence-corrected chi connectivity index (χ1v) is 11.5. The largest absolute Gasteiger partial charge is 0.460 e. The number of anilines is 2. The van der Waals surface area contributed by atoms with Crippen LogP contribution in [0.4, 0.5) is 11.4 Å². The van der Waals surface area contributed by atoms with Gasteiger partial charge in [-0.3, -0.25) is 4.98 Å². The Balaban J connectivity index is 1.66. The number of ether oxygens (including phenoxy) is 1. The highest BCUT2D eigenvalue weighted by Crippen LogP contribution is 2.30. The van der Waals surface area contributed by atoms with E-state index in [1.165, 1.54) is 10.9 Å². The molecule has 0 saturated heterocycles. The van der Waals surface area contributed by atoms with Crippen molar-refractivity contribution in [1.82, 2.24) is 19.7 Å². The molecule has 0 aliphatic rings. The summed E-state index contributed by atoms with van der Waals surface area (Å²) in [7, 11) is 7.88. The highest BCUT2D eigenvalue weighted by Gasteiger charge is 2.16. The van der Waals surface area contributed by atoms with Gasteiger partial charge in [-0.25, -0.2) is 14.3 Å². The summed E-state index contributed by atoms with van der Waals surface area (Å²) in [6.45, 7) is 0.0403. The zero-order valence-corrected chi connectivity index (χ0v) is 20.8. The molecule has 0 N–H and O–H groups in total. The fourth-order valence-electron chi connectivity index (χ4n) is 3.59. The number of carbonyl (C=O) groups excluding carboxylic acids is 1. The molecule has 0 aliphatic heterocycles. The molecule has 4 aromatic rings. The lowest BCUT2D eigenvalue weighted by Crippen LogP contribution is -2.29. The molecule has 9 heteroatoms. The molecule has 0 bridgehead atoms. The maximum absolute atomic E-state index is 12.9. The van der Waals surface area contributed by atoms with Gasteiger partial charge in [0.15, 0.2) is 0 Å². The molecule has 0 unspecified atom stereocenters. The summed E-state index contributed by atoms with van der Waals surface area (Å²) in [5.74, 6) is -0.513. The summed E-state index contributed by atoms with van der Waals surface area (Å²) < 4.78 is 6.53. The molecular weight excluding hydrogens is 456 g/mol. The third kappa shape index (κ3) is 5.57. The summed E-state index contributed by atoms with van der Waals surface area (Å²) in [6.07, 6.45) is 3.01. The minimum absolute atomic E-state index is 0.0296. The van der Waals surface area contributed by atoms with Crippen LogP contribution in [-0.4, -0.2) is 60.5 Å². The van der Waals surface area contributed by atoms with Crippen LogP contribution in [0.25, 0.3) is 22.5 Å². The summed E-state index contributed by atoms with van der Waals surface area (Å²) in [6, 6.07) is 19.0. The second-order valence-electron chi connectivity index (χ2n) is 8.57. The van der Waals surface area contributed by atoms with E-state index in [4.69, 9.17) is 4.74 Å². The number of nitrogens with zero attached hydrogens (tertiary/aromatic N) is 6. The summed E-state index contributed by atoms with van der Waals surface area (Å²) in [4.78, 5) is 37.4. The van der Waals surface area contributed by atoms with Crippen LogP contribution >= 0.6 is 0 Å². The van der Waals surface area contributed by atoms with E-state index in [1.807, 2.05) is 86.5 Å². The quantitative estimate of drug-likeness (QED) is 0.352. The van der Waals surface area contributed by atoms with E-state index in [-0.39, 0.29) is 13.2 Å². The Kier molecular flexibility index (Phi) is 7.39. The van der Waals surface area contributed by atoms with Crippen molar-refractivity contribution in [2.24, 2.45) is 0 Å². The molecule has 0 amide bonds. The van der Waals surface area contributed by atoms with Gasteiger partial charge in [0.05, 0.1) is 12.1 Å². The third-order valence-electron chi connectivity index (χ3n) is 5.62. The second-order valence-corrected chi connectivity index (χ2v) is 8.57. The topological polar surface area (TPSA) is 93.5 Å². The SMILES string of the molecule is CN(C)c1ccc(-c2nc(=O)n(CCOC(=O)c3cccnc3)nc2-c2ccc(N(C)C)cc2)cc1. The van der Waals surface area contributed by atoms with E-state index >= 15 is 0 Å². The highest BCUT2D eigenvalue weighted by molar-refractivity contribution is 5.88. The minimum Gasteiger partial charge on any atom is -0.460 e. The first kappa shape index (κ1) is 24.6. The second kappa shape index (κ2) is 10.8. The first-order valence-electron chi connectivity index (χ1n) is 11.5. The van der Waals surface area contributed by atoms with Gasteiger partial charge in [-0.15, -0.1) is 0 Å². The molecule has 0 atom stereocenters. The lowest BCUT2D eigenvalue weighted by Gasteiger charge is -2.16. The number of rotatable bonds is 8. The van der Waals surface area contributed by atoms with Crippen LogP contribution in [0.5, 0.6) is 0 Å². The number of pyridine rings is 1. The zero-order chi connectivity index (χ0) is 25.7. The van der Waals surface area contributed by atoms with Gasteiger partial charge in [0.2, 0.25) is 0 Å². The molecule has 0 saturated carbocycles. The number of hydrogen-bond donors (Lipinski definition) is 0. The van der Waals surface area contributed by atoms with E-state index in [0.717, 1.165) is 22.5 Å².